The number of nitrogen functional groups attached to an aromatic ring is 1. The smallest absolute Gasteiger partial charge is 0.142 e. The largest absolute Gasteiger partial charge is 0.383 e. The van der Waals surface area contributed by atoms with Gasteiger partial charge in [0.1, 0.15) is 11.6 Å². The second-order valence-electron chi connectivity index (χ2n) is 2.44. The van der Waals surface area contributed by atoms with E-state index in [0.29, 0.717) is 5.56 Å². The summed E-state index contributed by atoms with van der Waals surface area (Å²) >= 11 is 0. The molecule has 0 aromatic carbocycles. The third kappa shape index (κ3) is 2.76. The van der Waals surface area contributed by atoms with Crippen molar-refractivity contribution in [1.82, 2.24) is 4.98 Å². The Labute approximate surface area is 79.7 Å². The Balaban J connectivity index is 2.79. The highest BCUT2D eigenvalue weighted by molar-refractivity contribution is 5.60. The third-order valence-corrected chi connectivity index (χ3v) is 1.46. The molecule has 6 heteroatoms. The summed E-state index contributed by atoms with van der Waals surface area (Å²) in [5, 5.41) is 3.28. The fraction of sp³-hybridized carbons (Fsp3) is 0.125. The van der Waals surface area contributed by atoms with E-state index in [2.05, 4.69) is 15.0 Å². The summed E-state index contributed by atoms with van der Waals surface area (Å²) in [4.78, 5) is 6.19. The van der Waals surface area contributed by atoms with Gasteiger partial charge in [-0.2, -0.15) is 0 Å². The maximum absolute atomic E-state index is 12.7. The van der Waals surface area contributed by atoms with Crippen molar-refractivity contribution >= 4 is 11.9 Å². The number of nitrogens with zero attached hydrogens (tertiary/aromatic N) is 4. The van der Waals surface area contributed by atoms with Gasteiger partial charge in [-0.05, 0) is 11.6 Å². The van der Waals surface area contributed by atoms with Crippen LogP contribution in [0.15, 0.2) is 23.5 Å². The molecule has 1 aromatic heterocycles. The van der Waals surface area contributed by atoms with E-state index in [-0.39, 0.29) is 12.4 Å². The van der Waals surface area contributed by atoms with Crippen molar-refractivity contribution in [2.45, 2.75) is 0 Å². The first-order valence-corrected chi connectivity index (χ1v) is 3.82. The molecule has 1 aromatic rings. The summed E-state index contributed by atoms with van der Waals surface area (Å²) in [5.41, 5.74) is 13.9. The maximum atomic E-state index is 12.7. The molecule has 0 aliphatic carbocycles. The molecule has 1 heterocycles. The Morgan fingerprint density at radius 3 is 3.21 bits per heavy atom. The normalized spacial score (nSPS) is 10.1. The maximum Gasteiger partial charge on any atom is 0.142 e. The molecule has 0 unspecified atom stereocenters. The monoisotopic (exact) mass is 193 g/mol. The minimum atomic E-state index is -0.456. The highest BCUT2D eigenvalue weighted by atomic mass is 19.1. The summed E-state index contributed by atoms with van der Waals surface area (Å²) in [6, 6.07) is 1.26. The average Bonchev–Trinajstić information content (AvgIpc) is 2.18. The Morgan fingerprint density at radius 2 is 2.50 bits per heavy atom. The first-order valence-electron chi connectivity index (χ1n) is 3.82. The molecule has 0 bridgehead atoms. The molecule has 0 saturated carbocycles. The zero-order valence-corrected chi connectivity index (χ0v) is 7.26. The second kappa shape index (κ2) is 4.84. The second-order valence-corrected chi connectivity index (χ2v) is 2.44. The molecule has 0 spiro atoms. The van der Waals surface area contributed by atoms with Crippen molar-refractivity contribution in [2.75, 3.05) is 12.3 Å². The first-order chi connectivity index (χ1) is 6.74. The standard InChI is InChI=1S/C8H8FN5/c9-7-4-6(8(10)12-5-7)2-1-3-13-14-11/h1-2,4-5H,3H2,(H2,10,12). The number of halogens is 1. The zero-order chi connectivity index (χ0) is 10.4. The third-order valence-electron chi connectivity index (χ3n) is 1.46. The number of nitrogens with two attached hydrogens (primary N) is 1. The van der Waals surface area contributed by atoms with Crippen LogP contribution in [-0.4, -0.2) is 11.5 Å². The predicted octanol–water partition coefficient (Wildman–Crippen LogP) is 2.13. The quantitative estimate of drug-likeness (QED) is 0.452. The summed E-state index contributed by atoms with van der Waals surface area (Å²) < 4.78 is 12.7. The highest BCUT2D eigenvalue weighted by Crippen LogP contribution is 2.11. The Kier molecular flexibility index (Phi) is 3.46. The van der Waals surface area contributed by atoms with Gasteiger partial charge in [-0.3, -0.25) is 0 Å². The number of azide groups is 1. The van der Waals surface area contributed by atoms with E-state index in [0.717, 1.165) is 6.20 Å². The molecule has 0 atom stereocenters. The van der Waals surface area contributed by atoms with Gasteiger partial charge in [0, 0.05) is 17.0 Å². The lowest BCUT2D eigenvalue weighted by atomic mass is 10.2. The van der Waals surface area contributed by atoms with E-state index in [1.54, 1.807) is 12.2 Å². The first kappa shape index (κ1) is 10.0. The van der Waals surface area contributed by atoms with Gasteiger partial charge in [-0.25, -0.2) is 9.37 Å². The van der Waals surface area contributed by atoms with Crippen LogP contribution in [0, 0.1) is 5.82 Å². The molecule has 0 saturated heterocycles. The molecular weight excluding hydrogens is 185 g/mol. The van der Waals surface area contributed by atoms with E-state index in [1.807, 2.05) is 0 Å². The van der Waals surface area contributed by atoms with Gasteiger partial charge in [0.2, 0.25) is 0 Å². The lowest BCUT2D eigenvalue weighted by molar-refractivity contribution is 0.621. The van der Waals surface area contributed by atoms with Crippen LogP contribution in [0.1, 0.15) is 5.56 Å². The van der Waals surface area contributed by atoms with Gasteiger partial charge in [-0.15, -0.1) is 0 Å². The van der Waals surface area contributed by atoms with Gasteiger partial charge in [0.15, 0.2) is 0 Å². The minimum absolute atomic E-state index is 0.201. The summed E-state index contributed by atoms with van der Waals surface area (Å²) in [6.07, 6.45) is 4.17. The van der Waals surface area contributed by atoms with Crippen molar-refractivity contribution in [1.29, 1.82) is 0 Å². The van der Waals surface area contributed by atoms with E-state index < -0.39 is 5.82 Å². The topological polar surface area (TPSA) is 87.7 Å². The molecule has 1 rings (SSSR count). The van der Waals surface area contributed by atoms with E-state index in [4.69, 9.17) is 11.3 Å². The molecule has 2 N–H and O–H groups in total. The number of aromatic nitrogens is 1. The van der Waals surface area contributed by atoms with Crippen LogP contribution in [0.2, 0.25) is 0 Å². The molecule has 72 valence electrons. The summed E-state index contributed by atoms with van der Waals surface area (Å²) in [7, 11) is 0. The van der Waals surface area contributed by atoms with Crippen LogP contribution < -0.4 is 5.73 Å². The molecule has 14 heavy (non-hydrogen) atoms. The number of hydrogen-bond acceptors (Lipinski definition) is 3. The van der Waals surface area contributed by atoms with Gasteiger partial charge >= 0.3 is 0 Å². The Morgan fingerprint density at radius 1 is 1.71 bits per heavy atom. The lowest BCUT2D eigenvalue weighted by Gasteiger charge is -1.97. The summed E-state index contributed by atoms with van der Waals surface area (Å²) in [6.45, 7) is 0.201. The van der Waals surface area contributed by atoms with E-state index in [1.165, 1.54) is 6.07 Å². The Bertz CT molecular complexity index is 395. The Hall–Kier alpha value is -2.07. The lowest BCUT2D eigenvalue weighted by Crippen LogP contribution is -1.94. The van der Waals surface area contributed by atoms with E-state index in [9.17, 15) is 4.39 Å². The van der Waals surface area contributed by atoms with Crippen LogP contribution in [-0.2, 0) is 0 Å². The zero-order valence-electron chi connectivity index (χ0n) is 7.26. The fourth-order valence-corrected chi connectivity index (χ4v) is 0.862. The van der Waals surface area contributed by atoms with Crippen molar-refractivity contribution in [3.8, 4) is 0 Å². The number of rotatable bonds is 3. The number of hydrogen-bond donors (Lipinski definition) is 1. The molecule has 0 amide bonds. The van der Waals surface area contributed by atoms with Crippen molar-refractivity contribution in [2.24, 2.45) is 5.11 Å². The van der Waals surface area contributed by atoms with Crippen LogP contribution >= 0.6 is 0 Å². The minimum Gasteiger partial charge on any atom is -0.383 e. The van der Waals surface area contributed by atoms with Gasteiger partial charge in [-0.1, -0.05) is 17.3 Å². The molecule has 5 nitrogen and oxygen atoms in total. The van der Waals surface area contributed by atoms with Gasteiger partial charge < -0.3 is 5.73 Å². The van der Waals surface area contributed by atoms with Gasteiger partial charge in [0.05, 0.1) is 6.20 Å². The van der Waals surface area contributed by atoms with Gasteiger partial charge in [0.25, 0.3) is 0 Å². The average molecular weight is 193 g/mol. The molecular formula is C8H8FN5. The highest BCUT2D eigenvalue weighted by Gasteiger charge is 1.97. The van der Waals surface area contributed by atoms with Crippen LogP contribution in [0.4, 0.5) is 10.2 Å². The van der Waals surface area contributed by atoms with Crippen molar-refractivity contribution in [3.05, 3.63) is 40.2 Å². The number of pyridine rings is 1. The molecule has 0 radical (unpaired) electrons. The molecule has 0 aliphatic heterocycles. The van der Waals surface area contributed by atoms with Crippen molar-refractivity contribution < 1.29 is 4.39 Å². The van der Waals surface area contributed by atoms with Crippen LogP contribution in [0.25, 0.3) is 16.5 Å². The van der Waals surface area contributed by atoms with Crippen LogP contribution in [0.5, 0.6) is 0 Å². The molecule has 0 aliphatic rings. The van der Waals surface area contributed by atoms with Crippen LogP contribution in [0.3, 0.4) is 0 Å². The summed E-state index contributed by atoms with van der Waals surface area (Å²) in [5.74, 6) is -0.216. The fourth-order valence-electron chi connectivity index (χ4n) is 0.862. The predicted molar refractivity (Wildman–Crippen MR) is 51.7 cm³/mol. The SMILES string of the molecule is [N-]=[N+]=NCC=Cc1cc(F)cnc1N. The molecule has 0 fully saturated rings. The van der Waals surface area contributed by atoms with E-state index >= 15 is 0 Å². The number of anilines is 1. The van der Waals surface area contributed by atoms with Crippen molar-refractivity contribution in [3.63, 3.8) is 0 Å².